The number of thiazole rings is 1. The molecule has 3 nitrogen and oxygen atoms in total. The molecule has 0 saturated heterocycles. The molecule has 1 N–H and O–H groups in total. The third kappa shape index (κ3) is 3.78. The molecule has 0 spiro atoms. The van der Waals surface area contributed by atoms with Crippen LogP contribution in [0.4, 0.5) is 9.52 Å². The zero-order chi connectivity index (χ0) is 15.4. The van der Waals surface area contributed by atoms with Crippen molar-refractivity contribution in [1.29, 1.82) is 0 Å². The molecule has 3 rings (SSSR count). The third-order valence-electron chi connectivity index (χ3n) is 2.87. The van der Waals surface area contributed by atoms with E-state index in [2.05, 4.69) is 31.4 Å². The van der Waals surface area contributed by atoms with Gasteiger partial charge in [-0.25, -0.2) is 9.37 Å². The average Bonchev–Trinajstić information content (AvgIpc) is 2.97. The van der Waals surface area contributed by atoms with Crippen molar-refractivity contribution in [3.05, 3.63) is 69.8 Å². The maximum atomic E-state index is 13.0. The van der Waals surface area contributed by atoms with Crippen LogP contribution in [0.3, 0.4) is 0 Å². The summed E-state index contributed by atoms with van der Waals surface area (Å²) in [5.41, 5.74) is 5.48. The maximum Gasteiger partial charge on any atom is 0.203 e. The summed E-state index contributed by atoms with van der Waals surface area (Å²) in [7, 11) is 0. The highest BCUT2D eigenvalue weighted by atomic mass is 79.9. The summed E-state index contributed by atoms with van der Waals surface area (Å²) in [5.74, 6) is -0.282. The minimum Gasteiger partial charge on any atom is -0.253 e. The third-order valence-corrected chi connectivity index (χ3v) is 4.14. The first-order valence-electron chi connectivity index (χ1n) is 6.47. The van der Waals surface area contributed by atoms with Gasteiger partial charge in [0.2, 0.25) is 5.13 Å². The lowest BCUT2D eigenvalue weighted by molar-refractivity contribution is 0.627. The predicted molar refractivity (Wildman–Crippen MR) is 92.9 cm³/mol. The molecule has 22 heavy (non-hydrogen) atoms. The van der Waals surface area contributed by atoms with Gasteiger partial charge < -0.3 is 0 Å². The minimum atomic E-state index is -0.282. The van der Waals surface area contributed by atoms with Crippen LogP contribution in [0.5, 0.6) is 0 Å². The Morgan fingerprint density at radius 3 is 2.77 bits per heavy atom. The molecule has 0 amide bonds. The van der Waals surface area contributed by atoms with Gasteiger partial charge in [-0.1, -0.05) is 40.2 Å². The fraction of sp³-hybridized carbons (Fsp3) is 0. The van der Waals surface area contributed by atoms with Gasteiger partial charge in [-0.15, -0.1) is 11.3 Å². The van der Waals surface area contributed by atoms with Crippen molar-refractivity contribution in [1.82, 2.24) is 4.98 Å². The Hall–Kier alpha value is -2.05. The van der Waals surface area contributed by atoms with E-state index in [0.29, 0.717) is 10.7 Å². The number of benzene rings is 2. The van der Waals surface area contributed by atoms with E-state index in [1.165, 1.54) is 23.5 Å². The van der Waals surface area contributed by atoms with Crippen LogP contribution in [-0.2, 0) is 0 Å². The van der Waals surface area contributed by atoms with E-state index in [1.54, 1.807) is 18.3 Å². The molecule has 0 saturated carbocycles. The topological polar surface area (TPSA) is 37.3 Å². The normalized spacial score (nSPS) is 11.0. The lowest BCUT2D eigenvalue weighted by Crippen LogP contribution is -1.90. The molecule has 3 aromatic rings. The van der Waals surface area contributed by atoms with Crippen LogP contribution in [0.25, 0.3) is 11.3 Å². The maximum absolute atomic E-state index is 13.0. The minimum absolute atomic E-state index is 0.282. The molecule has 0 bridgehead atoms. The van der Waals surface area contributed by atoms with E-state index in [4.69, 9.17) is 0 Å². The van der Waals surface area contributed by atoms with Gasteiger partial charge in [-0.2, -0.15) is 5.10 Å². The van der Waals surface area contributed by atoms with Crippen LogP contribution in [-0.4, -0.2) is 11.2 Å². The largest absolute Gasteiger partial charge is 0.253 e. The SMILES string of the molecule is Fc1cccc(/C=N\Nc2nc(-c3ccc(Br)cc3)cs2)c1. The molecule has 0 aliphatic carbocycles. The zero-order valence-electron chi connectivity index (χ0n) is 11.3. The number of nitrogens with one attached hydrogen (secondary N) is 1. The summed E-state index contributed by atoms with van der Waals surface area (Å²) < 4.78 is 14.1. The molecule has 6 heteroatoms. The van der Waals surface area contributed by atoms with E-state index < -0.39 is 0 Å². The molecule has 1 heterocycles. The highest BCUT2D eigenvalue weighted by Crippen LogP contribution is 2.25. The van der Waals surface area contributed by atoms with Crippen LogP contribution < -0.4 is 5.43 Å². The van der Waals surface area contributed by atoms with Crippen molar-refractivity contribution in [3.63, 3.8) is 0 Å². The monoisotopic (exact) mass is 375 g/mol. The van der Waals surface area contributed by atoms with Gasteiger partial charge >= 0.3 is 0 Å². The van der Waals surface area contributed by atoms with E-state index in [1.807, 2.05) is 29.6 Å². The van der Waals surface area contributed by atoms with E-state index >= 15 is 0 Å². The van der Waals surface area contributed by atoms with E-state index in [-0.39, 0.29) is 5.82 Å². The van der Waals surface area contributed by atoms with Gasteiger partial charge in [0, 0.05) is 15.4 Å². The van der Waals surface area contributed by atoms with Crippen LogP contribution in [0.15, 0.2) is 63.5 Å². The van der Waals surface area contributed by atoms with Crippen LogP contribution in [0.2, 0.25) is 0 Å². The average molecular weight is 376 g/mol. The second kappa shape index (κ2) is 6.81. The fourth-order valence-electron chi connectivity index (χ4n) is 1.83. The van der Waals surface area contributed by atoms with Crippen molar-refractivity contribution in [2.24, 2.45) is 5.10 Å². The standard InChI is InChI=1S/C16H11BrFN3S/c17-13-6-4-12(5-7-13)15-10-22-16(20-15)21-19-9-11-2-1-3-14(18)8-11/h1-10H,(H,20,21)/b19-9-. The quantitative estimate of drug-likeness (QED) is 0.505. The molecule has 0 radical (unpaired) electrons. The fourth-order valence-corrected chi connectivity index (χ4v) is 2.76. The summed E-state index contributed by atoms with van der Waals surface area (Å²) in [4.78, 5) is 4.46. The van der Waals surface area contributed by atoms with Crippen molar-refractivity contribution in [2.45, 2.75) is 0 Å². The van der Waals surface area contributed by atoms with Crippen molar-refractivity contribution < 1.29 is 4.39 Å². The van der Waals surface area contributed by atoms with Crippen LogP contribution in [0, 0.1) is 5.82 Å². The first-order chi connectivity index (χ1) is 10.7. The van der Waals surface area contributed by atoms with Crippen LogP contribution in [0.1, 0.15) is 5.56 Å². The second-order valence-electron chi connectivity index (χ2n) is 4.47. The molecule has 2 aromatic carbocycles. The Morgan fingerprint density at radius 2 is 2.00 bits per heavy atom. The predicted octanol–water partition coefficient (Wildman–Crippen LogP) is 5.16. The zero-order valence-corrected chi connectivity index (χ0v) is 13.7. The smallest absolute Gasteiger partial charge is 0.203 e. The Kier molecular flexibility index (Phi) is 4.60. The van der Waals surface area contributed by atoms with E-state index in [9.17, 15) is 4.39 Å². The molecule has 0 fully saturated rings. The molecular formula is C16H11BrFN3S. The van der Waals surface area contributed by atoms with Crippen molar-refractivity contribution in [2.75, 3.05) is 5.43 Å². The highest BCUT2D eigenvalue weighted by molar-refractivity contribution is 9.10. The Bertz CT molecular complexity index is 799. The summed E-state index contributed by atoms with van der Waals surface area (Å²) in [5, 5.41) is 6.72. The van der Waals surface area contributed by atoms with Gasteiger partial charge in [-0.05, 0) is 29.8 Å². The lowest BCUT2D eigenvalue weighted by atomic mass is 10.2. The van der Waals surface area contributed by atoms with Gasteiger partial charge in [0.1, 0.15) is 5.82 Å². The summed E-state index contributed by atoms with van der Waals surface area (Å²) in [6, 6.07) is 14.2. The summed E-state index contributed by atoms with van der Waals surface area (Å²) in [6.45, 7) is 0. The number of aromatic nitrogens is 1. The van der Waals surface area contributed by atoms with Gasteiger partial charge in [0.15, 0.2) is 0 Å². The molecule has 0 aliphatic heterocycles. The number of halogens is 2. The lowest BCUT2D eigenvalue weighted by Gasteiger charge is -1.97. The number of hydrogen-bond acceptors (Lipinski definition) is 4. The van der Waals surface area contributed by atoms with Crippen LogP contribution >= 0.6 is 27.3 Å². The number of nitrogens with zero attached hydrogens (tertiary/aromatic N) is 2. The first-order valence-corrected chi connectivity index (χ1v) is 8.14. The highest BCUT2D eigenvalue weighted by Gasteiger charge is 2.03. The summed E-state index contributed by atoms with van der Waals surface area (Å²) >= 11 is 4.87. The Balaban J connectivity index is 1.68. The van der Waals surface area contributed by atoms with Crippen molar-refractivity contribution in [3.8, 4) is 11.3 Å². The van der Waals surface area contributed by atoms with Gasteiger partial charge in [0.25, 0.3) is 0 Å². The Morgan fingerprint density at radius 1 is 1.18 bits per heavy atom. The molecule has 0 unspecified atom stereocenters. The molecular weight excluding hydrogens is 365 g/mol. The molecule has 0 aliphatic rings. The number of hydrazone groups is 1. The molecule has 1 aromatic heterocycles. The molecule has 0 atom stereocenters. The Labute approximate surface area is 139 Å². The summed E-state index contributed by atoms with van der Waals surface area (Å²) in [6.07, 6.45) is 1.56. The molecule has 110 valence electrons. The van der Waals surface area contributed by atoms with Crippen molar-refractivity contribution >= 4 is 38.6 Å². The van der Waals surface area contributed by atoms with E-state index in [0.717, 1.165) is 15.7 Å². The number of anilines is 1. The number of hydrogen-bond donors (Lipinski definition) is 1. The first kappa shape index (κ1) is 14.9. The second-order valence-corrected chi connectivity index (χ2v) is 6.24. The van der Waals surface area contributed by atoms with Gasteiger partial charge in [0.05, 0.1) is 11.9 Å². The number of rotatable bonds is 4. The van der Waals surface area contributed by atoms with Gasteiger partial charge in [-0.3, -0.25) is 5.43 Å².